The van der Waals surface area contributed by atoms with Gasteiger partial charge >= 0.3 is 11.4 Å². The topological polar surface area (TPSA) is 206 Å². The molecule has 0 unspecified atom stereocenters. The first-order valence-electron chi connectivity index (χ1n) is 18.6. The zero-order valence-corrected chi connectivity index (χ0v) is 31.8. The molecule has 58 heavy (non-hydrogen) atoms. The van der Waals surface area contributed by atoms with Crippen molar-refractivity contribution in [3.63, 3.8) is 0 Å². The summed E-state index contributed by atoms with van der Waals surface area (Å²) >= 11 is 0. The van der Waals surface area contributed by atoms with Crippen molar-refractivity contribution in [2.75, 3.05) is 36.4 Å². The van der Waals surface area contributed by atoms with E-state index in [1.807, 2.05) is 19.1 Å². The highest BCUT2D eigenvalue weighted by molar-refractivity contribution is 6.23. The molecule has 4 aromatic carbocycles. The smallest absolute Gasteiger partial charge is 0.301 e. The van der Waals surface area contributed by atoms with Gasteiger partial charge in [0, 0.05) is 43.8 Å². The maximum absolute atomic E-state index is 15.3. The fraction of sp³-hybridized carbons (Fsp3) is 0.286. The number of aromatic hydroxyl groups is 1. The number of benzene rings is 4. The lowest BCUT2D eigenvalue weighted by atomic mass is 9.49. The molecule has 0 spiro atoms. The highest BCUT2D eigenvalue weighted by atomic mass is 16.6. The fourth-order valence-corrected chi connectivity index (χ4v) is 9.70. The first-order chi connectivity index (χ1) is 27.7. The third kappa shape index (κ3) is 5.49. The second-order valence-corrected chi connectivity index (χ2v) is 15.3. The Morgan fingerprint density at radius 1 is 0.862 bits per heavy atom. The zero-order valence-electron chi connectivity index (χ0n) is 31.8. The third-order valence-electron chi connectivity index (χ3n) is 12.1. The Kier molecular flexibility index (Phi) is 9.01. The number of nitrogens with one attached hydrogen (secondary N) is 1. The van der Waals surface area contributed by atoms with Gasteiger partial charge in [-0.15, -0.1) is 0 Å². The van der Waals surface area contributed by atoms with Gasteiger partial charge in [0.25, 0.3) is 11.8 Å². The number of carbonyl (C=O) groups is 4. The van der Waals surface area contributed by atoms with Gasteiger partial charge < -0.3 is 14.7 Å². The molecule has 6 atom stereocenters. The summed E-state index contributed by atoms with van der Waals surface area (Å²) in [6.45, 7) is 1.90. The number of nitrogens with zero attached hydrogens (tertiary/aromatic N) is 5. The summed E-state index contributed by atoms with van der Waals surface area (Å²) in [6.07, 6.45) is 1.75. The van der Waals surface area contributed by atoms with Crippen molar-refractivity contribution in [3.8, 4) is 11.5 Å². The zero-order chi connectivity index (χ0) is 41.4. The van der Waals surface area contributed by atoms with Crippen LogP contribution in [0.25, 0.3) is 0 Å². The van der Waals surface area contributed by atoms with E-state index in [0.717, 1.165) is 27.6 Å². The Morgan fingerprint density at radius 3 is 2.10 bits per heavy atom. The minimum atomic E-state index is -1.65. The van der Waals surface area contributed by atoms with Crippen LogP contribution in [0.15, 0.2) is 96.6 Å². The molecule has 1 saturated carbocycles. The molecule has 2 aliphatic heterocycles. The van der Waals surface area contributed by atoms with Gasteiger partial charge in [-0.2, -0.15) is 5.01 Å². The average Bonchev–Trinajstić information content (AvgIpc) is 3.59. The number of phenolic OH excluding ortho intramolecular Hbond substituents is 1. The number of ether oxygens (including phenoxy) is 1. The Hall–Kier alpha value is -7.10. The standard InChI is InChI=1S/C42H38N6O10/c1-22-10-12-24(13-11-22)43-46-39(51)31-21-30-27(36(28-15-14-26(58-4)20-34(28)49)42(31,41(46)53)23-8-6-5-7-9-23)16-17-29-35(30)40(52)45(38(29)50)25-18-32(47(54)55)37(44(2)3)33(19-25)48(56)57/h5-16,18-20,29-31,35-36,43,49H,17,21H2,1-4H3/t29-,30+,31-,35-,36+,42+/m0/s1. The predicted molar refractivity (Wildman–Crippen MR) is 210 cm³/mol. The highest BCUT2D eigenvalue weighted by Crippen LogP contribution is 2.65. The van der Waals surface area contributed by atoms with Crippen LogP contribution in [-0.4, -0.2) is 64.8 Å². The Bertz CT molecular complexity index is 2430. The van der Waals surface area contributed by atoms with Gasteiger partial charge in [-0.05, 0) is 49.4 Å². The molecule has 8 rings (SSSR count). The molecular weight excluding hydrogens is 748 g/mol. The second-order valence-electron chi connectivity index (χ2n) is 15.3. The van der Waals surface area contributed by atoms with Crippen molar-refractivity contribution in [2.45, 2.75) is 31.1 Å². The number of rotatable bonds is 9. The number of fused-ring (bicyclic) bond motifs is 4. The third-order valence-corrected chi connectivity index (χ3v) is 12.1. The van der Waals surface area contributed by atoms with E-state index in [-0.39, 0.29) is 30.0 Å². The molecular formula is C42H38N6O10. The molecule has 0 bridgehead atoms. The number of aryl methyl sites for hydroxylation is 1. The van der Waals surface area contributed by atoms with Crippen LogP contribution in [0.5, 0.6) is 11.5 Å². The van der Waals surface area contributed by atoms with E-state index in [1.54, 1.807) is 60.7 Å². The maximum Gasteiger partial charge on any atom is 0.301 e. The first-order valence-corrected chi connectivity index (χ1v) is 18.6. The number of hydrogen-bond donors (Lipinski definition) is 2. The van der Waals surface area contributed by atoms with Crippen molar-refractivity contribution in [1.82, 2.24) is 5.01 Å². The molecule has 2 heterocycles. The van der Waals surface area contributed by atoms with E-state index in [1.165, 1.54) is 32.2 Å². The van der Waals surface area contributed by atoms with Gasteiger partial charge in [0.1, 0.15) is 11.5 Å². The summed E-state index contributed by atoms with van der Waals surface area (Å²) in [5.74, 6) is -7.58. The molecule has 16 heteroatoms. The first kappa shape index (κ1) is 37.8. The Morgan fingerprint density at radius 2 is 1.52 bits per heavy atom. The van der Waals surface area contributed by atoms with E-state index in [4.69, 9.17) is 4.74 Å². The minimum Gasteiger partial charge on any atom is -0.508 e. The SMILES string of the molecule is COc1ccc([C@H]2C3=CC[C@@H]4C(=O)N(c5cc([N+](=O)[O-])c(N(C)C)c([N+](=O)[O-])c5)C(=O)[C@@H]4[C@@H]3C[C@H]3C(=O)N(Nc4ccc(C)cc4)C(=O)[C@@]23c2ccccc2)c(O)c1. The van der Waals surface area contributed by atoms with Gasteiger partial charge in [0.2, 0.25) is 11.8 Å². The largest absolute Gasteiger partial charge is 0.508 e. The van der Waals surface area contributed by atoms with Gasteiger partial charge in [-0.25, -0.2) is 4.90 Å². The molecule has 296 valence electrons. The molecule has 4 amide bonds. The predicted octanol–water partition coefficient (Wildman–Crippen LogP) is 5.78. The number of nitro groups is 2. The van der Waals surface area contributed by atoms with Crippen molar-refractivity contribution >= 4 is 52.1 Å². The molecule has 4 aromatic rings. The number of amides is 4. The molecule has 2 aliphatic carbocycles. The lowest BCUT2D eigenvalue weighted by molar-refractivity contribution is -0.392. The van der Waals surface area contributed by atoms with Crippen molar-refractivity contribution in [3.05, 3.63) is 133 Å². The number of methoxy groups -OCH3 is 1. The molecule has 0 aromatic heterocycles. The van der Waals surface area contributed by atoms with Crippen molar-refractivity contribution in [1.29, 1.82) is 0 Å². The van der Waals surface area contributed by atoms with E-state index < -0.39 is 79.9 Å². The van der Waals surface area contributed by atoms with Crippen LogP contribution in [0.2, 0.25) is 0 Å². The number of nitro benzene ring substituents is 2. The van der Waals surface area contributed by atoms with Crippen molar-refractivity contribution in [2.24, 2.45) is 23.7 Å². The lowest BCUT2D eigenvalue weighted by Crippen LogP contribution is -2.53. The van der Waals surface area contributed by atoms with Gasteiger partial charge in [0.15, 0.2) is 5.69 Å². The average molecular weight is 787 g/mol. The number of anilines is 3. The van der Waals surface area contributed by atoms with Crippen LogP contribution in [0.4, 0.5) is 28.4 Å². The molecule has 2 N–H and O–H groups in total. The van der Waals surface area contributed by atoms with Crippen LogP contribution in [0.3, 0.4) is 0 Å². The molecule has 16 nitrogen and oxygen atoms in total. The van der Waals surface area contributed by atoms with E-state index in [9.17, 15) is 39.7 Å². The number of phenols is 1. The van der Waals surface area contributed by atoms with Gasteiger partial charge in [-0.3, -0.25) is 44.8 Å². The molecule has 3 fully saturated rings. The number of carbonyl (C=O) groups excluding carboxylic acids is 4. The summed E-state index contributed by atoms with van der Waals surface area (Å²) in [4.78, 5) is 84.2. The summed E-state index contributed by atoms with van der Waals surface area (Å²) in [5, 5.41) is 37.2. The Balaban J connectivity index is 1.31. The van der Waals surface area contributed by atoms with E-state index in [2.05, 4.69) is 5.43 Å². The number of imide groups is 2. The molecule has 0 radical (unpaired) electrons. The fourth-order valence-electron chi connectivity index (χ4n) is 9.70. The maximum atomic E-state index is 15.3. The minimum absolute atomic E-state index is 0.00790. The normalized spacial score (nSPS) is 24.8. The number of hydrogen-bond acceptors (Lipinski definition) is 12. The van der Waals surface area contributed by atoms with Gasteiger partial charge in [0.05, 0.1) is 51.5 Å². The summed E-state index contributed by atoms with van der Waals surface area (Å²) < 4.78 is 5.39. The van der Waals surface area contributed by atoms with Crippen LogP contribution in [0.1, 0.15) is 35.4 Å². The lowest BCUT2D eigenvalue weighted by Gasteiger charge is -2.50. The quantitative estimate of drug-likeness (QED) is 0.0897. The van der Waals surface area contributed by atoms with Crippen LogP contribution >= 0.6 is 0 Å². The number of allylic oxidation sites excluding steroid dienone is 2. The van der Waals surface area contributed by atoms with E-state index in [0.29, 0.717) is 28.1 Å². The van der Waals surface area contributed by atoms with Crippen molar-refractivity contribution < 1.29 is 38.9 Å². The van der Waals surface area contributed by atoms with Crippen LogP contribution in [0, 0.1) is 50.8 Å². The van der Waals surface area contributed by atoms with E-state index >= 15 is 4.79 Å². The number of hydrazine groups is 1. The highest BCUT2D eigenvalue weighted by Gasteiger charge is 2.70. The molecule has 4 aliphatic rings. The molecule has 2 saturated heterocycles. The van der Waals surface area contributed by atoms with Gasteiger partial charge in [-0.1, -0.05) is 65.7 Å². The monoisotopic (exact) mass is 786 g/mol. The second kappa shape index (κ2) is 13.8. The van der Waals surface area contributed by atoms with Crippen LogP contribution < -0.4 is 20.0 Å². The van der Waals surface area contributed by atoms with Crippen LogP contribution in [-0.2, 0) is 24.6 Å². The summed E-state index contributed by atoms with van der Waals surface area (Å²) in [7, 11) is 4.26. The summed E-state index contributed by atoms with van der Waals surface area (Å²) in [5.41, 5.74) is 2.21. The summed E-state index contributed by atoms with van der Waals surface area (Å²) in [6, 6.07) is 22.6. The Labute approximate surface area is 331 Å².